The lowest BCUT2D eigenvalue weighted by Crippen LogP contribution is -2.41. The molecule has 1 aliphatic carbocycles. The third-order valence-corrected chi connectivity index (χ3v) is 4.00. The van der Waals surface area contributed by atoms with Crippen molar-refractivity contribution in [3.8, 4) is 0 Å². The summed E-state index contributed by atoms with van der Waals surface area (Å²) in [5, 5.41) is 0. The smallest absolute Gasteiger partial charge is 0.250 e. The van der Waals surface area contributed by atoms with Crippen molar-refractivity contribution in [3.63, 3.8) is 0 Å². The number of hydrogen-bond donors (Lipinski definition) is 2. The van der Waals surface area contributed by atoms with Crippen LogP contribution in [0.3, 0.4) is 0 Å². The maximum atomic E-state index is 11.6. The molecule has 19 heavy (non-hydrogen) atoms. The fourth-order valence-electron chi connectivity index (χ4n) is 2.97. The van der Waals surface area contributed by atoms with E-state index in [4.69, 9.17) is 11.5 Å². The van der Waals surface area contributed by atoms with Crippen molar-refractivity contribution in [2.75, 3.05) is 11.4 Å². The predicted octanol–water partition coefficient (Wildman–Crippen LogP) is 1.88. The minimum atomic E-state index is -0.360. The van der Waals surface area contributed by atoms with Gasteiger partial charge in [0.1, 0.15) is 0 Å². The summed E-state index contributed by atoms with van der Waals surface area (Å²) in [6.07, 6.45) is 4.28. The Balaban J connectivity index is 2.24. The molecule has 1 amide bonds. The van der Waals surface area contributed by atoms with Crippen molar-refractivity contribution in [3.05, 3.63) is 29.8 Å². The largest absolute Gasteiger partial charge is 0.368 e. The second-order valence-corrected chi connectivity index (χ2v) is 5.24. The number of anilines is 1. The summed E-state index contributed by atoms with van der Waals surface area (Å²) in [6, 6.07) is 8.40. The Kier molecular flexibility index (Phi) is 4.43. The van der Waals surface area contributed by atoms with Crippen LogP contribution in [0, 0.1) is 0 Å². The van der Waals surface area contributed by atoms with Gasteiger partial charge >= 0.3 is 0 Å². The van der Waals surface area contributed by atoms with Gasteiger partial charge in [-0.25, -0.2) is 0 Å². The normalized spacial score (nSPS) is 23.1. The molecule has 1 saturated carbocycles. The lowest BCUT2D eigenvalue weighted by molar-refractivity contribution is 0.100. The average molecular weight is 261 g/mol. The molecule has 104 valence electrons. The van der Waals surface area contributed by atoms with Crippen molar-refractivity contribution in [2.45, 2.75) is 44.7 Å². The van der Waals surface area contributed by atoms with Gasteiger partial charge in [-0.1, -0.05) is 12.1 Å². The van der Waals surface area contributed by atoms with Gasteiger partial charge in [-0.2, -0.15) is 0 Å². The van der Waals surface area contributed by atoms with Gasteiger partial charge in [0.2, 0.25) is 0 Å². The van der Waals surface area contributed by atoms with Crippen molar-refractivity contribution < 1.29 is 4.79 Å². The Morgan fingerprint density at radius 1 is 1.26 bits per heavy atom. The maximum Gasteiger partial charge on any atom is 0.250 e. The first-order valence-corrected chi connectivity index (χ1v) is 7.04. The number of benzene rings is 1. The molecule has 0 radical (unpaired) electrons. The molecule has 0 aliphatic heterocycles. The van der Waals surface area contributed by atoms with Crippen LogP contribution in [0.1, 0.15) is 43.0 Å². The van der Waals surface area contributed by atoms with Crippen LogP contribution in [-0.2, 0) is 0 Å². The highest BCUT2D eigenvalue weighted by molar-refractivity contribution is 5.98. The van der Waals surface area contributed by atoms with Crippen molar-refractivity contribution >= 4 is 11.6 Å². The van der Waals surface area contributed by atoms with Gasteiger partial charge in [0, 0.05) is 24.3 Å². The van der Waals surface area contributed by atoms with Crippen LogP contribution in [0.4, 0.5) is 5.69 Å². The first-order valence-electron chi connectivity index (χ1n) is 7.04. The van der Waals surface area contributed by atoms with Crippen LogP contribution >= 0.6 is 0 Å². The van der Waals surface area contributed by atoms with E-state index in [1.807, 2.05) is 18.2 Å². The number of hydrogen-bond acceptors (Lipinski definition) is 3. The van der Waals surface area contributed by atoms with Crippen LogP contribution in [0.2, 0.25) is 0 Å². The number of carbonyl (C=O) groups is 1. The summed E-state index contributed by atoms with van der Waals surface area (Å²) in [6.45, 7) is 3.00. The zero-order valence-corrected chi connectivity index (χ0v) is 11.5. The van der Waals surface area contributed by atoms with Crippen molar-refractivity contribution in [1.29, 1.82) is 0 Å². The zero-order chi connectivity index (χ0) is 13.8. The molecule has 4 heteroatoms. The number of primary amides is 1. The van der Waals surface area contributed by atoms with E-state index in [0.29, 0.717) is 17.6 Å². The van der Waals surface area contributed by atoms with E-state index < -0.39 is 0 Å². The number of nitrogens with zero attached hydrogens (tertiary/aromatic N) is 1. The third-order valence-electron chi connectivity index (χ3n) is 4.00. The Labute approximate surface area is 114 Å². The molecule has 1 aliphatic rings. The molecule has 0 atom stereocenters. The summed E-state index contributed by atoms with van der Waals surface area (Å²) in [5.74, 6) is -0.360. The molecule has 4 N–H and O–H groups in total. The number of nitrogens with two attached hydrogens (primary N) is 2. The standard InChI is InChI=1S/C15H23N3O/c1-2-18(12-9-7-11(16)8-10-12)14-6-4-3-5-13(14)15(17)19/h3-6,11-12H,2,7-10,16H2,1H3,(H2,17,19). The van der Waals surface area contributed by atoms with Crippen LogP contribution < -0.4 is 16.4 Å². The first-order chi connectivity index (χ1) is 9.13. The molecular weight excluding hydrogens is 238 g/mol. The van der Waals surface area contributed by atoms with Gasteiger partial charge in [-0.3, -0.25) is 4.79 Å². The van der Waals surface area contributed by atoms with E-state index in [2.05, 4.69) is 11.8 Å². The van der Waals surface area contributed by atoms with Crippen molar-refractivity contribution in [1.82, 2.24) is 0 Å². The predicted molar refractivity (Wildman–Crippen MR) is 78.2 cm³/mol. The summed E-state index contributed by atoms with van der Waals surface area (Å²) in [7, 11) is 0. The highest BCUT2D eigenvalue weighted by Gasteiger charge is 2.25. The average Bonchev–Trinajstić information content (AvgIpc) is 2.42. The summed E-state index contributed by atoms with van der Waals surface area (Å²) < 4.78 is 0. The molecule has 0 unspecified atom stereocenters. The second-order valence-electron chi connectivity index (χ2n) is 5.24. The first kappa shape index (κ1) is 13.9. The topological polar surface area (TPSA) is 72.3 Å². The molecule has 4 nitrogen and oxygen atoms in total. The summed E-state index contributed by atoms with van der Waals surface area (Å²) >= 11 is 0. The van der Waals surface area contributed by atoms with Crippen LogP contribution in [0.25, 0.3) is 0 Å². The molecular formula is C15H23N3O. The number of para-hydroxylation sites is 1. The van der Waals surface area contributed by atoms with Gasteiger partial charge in [0.25, 0.3) is 5.91 Å². The molecule has 0 aromatic heterocycles. The van der Waals surface area contributed by atoms with E-state index in [1.54, 1.807) is 6.07 Å². The second kappa shape index (κ2) is 6.06. The molecule has 0 spiro atoms. The van der Waals surface area contributed by atoms with Crippen LogP contribution in [0.15, 0.2) is 24.3 Å². The van der Waals surface area contributed by atoms with E-state index in [0.717, 1.165) is 37.9 Å². The molecule has 0 heterocycles. The third kappa shape index (κ3) is 3.07. The Morgan fingerprint density at radius 2 is 1.89 bits per heavy atom. The minimum absolute atomic E-state index is 0.335. The van der Waals surface area contributed by atoms with Crippen molar-refractivity contribution in [2.24, 2.45) is 11.5 Å². The summed E-state index contributed by atoms with van der Waals surface area (Å²) in [4.78, 5) is 13.9. The van der Waals surface area contributed by atoms with Gasteiger partial charge in [0.05, 0.1) is 5.56 Å². The molecule has 0 bridgehead atoms. The van der Waals surface area contributed by atoms with Crippen LogP contribution in [0.5, 0.6) is 0 Å². The highest BCUT2D eigenvalue weighted by Crippen LogP contribution is 2.29. The van der Waals surface area contributed by atoms with E-state index in [-0.39, 0.29) is 5.91 Å². The van der Waals surface area contributed by atoms with Gasteiger partial charge in [-0.05, 0) is 44.7 Å². The Morgan fingerprint density at radius 3 is 2.47 bits per heavy atom. The molecule has 2 rings (SSSR count). The Hall–Kier alpha value is -1.55. The molecule has 1 aromatic rings. The highest BCUT2D eigenvalue weighted by atomic mass is 16.1. The minimum Gasteiger partial charge on any atom is -0.368 e. The van der Waals surface area contributed by atoms with E-state index in [9.17, 15) is 4.79 Å². The molecule has 1 fully saturated rings. The number of rotatable bonds is 4. The lowest BCUT2D eigenvalue weighted by Gasteiger charge is -2.37. The van der Waals surface area contributed by atoms with Gasteiger partial charge in [0.15, 0.2) is 0 Å². The fourth-order valence-corrected chi connectivity index (χ4v) is 2.97. The number of carbonyl (C=O) groups excluding carboxylic acids is 1. The monoisotopic (exact) mass is 261 g/mol. The summed E-state index contributed by atoms with van der Waals surface area (Å²) in [5.41, 5.74) is 13.0. The molecule has 0 saturated heterocycles. The van der Waals surface area contributed by atoms with E-state index in [1.165, 1.54) is 0 Å². The molecule has 1 aromatic carbocycles. The fraction of sp³-hybridized carbons (Fsp3) is 0.533. The lowest BCUT2D eigenvalue weighted by atomic mass is 9.90. The van der Waals surface area contributed by atoms with Crippen LogP contribution in [-0.4, -0.2) is 24.5 Å². The zero-order valence-electron chi connectivity index (χ0n) is 11.5. The quantitative estimate of drug-likeness (QED) is 0.869. The number of amides is 1. The van der Waals surface area contributed by atoms with Gasteiger partial charge < -0.3 is 16.4 Å². The van der Waals surface area contributed by atoms with Gasteiger partial charge in [-0.15, -0.1) is 0 Å². The SMILES string of the molecule is CCN(c1ccccc1C(N)=O)C1CCC(N)CC1. The van der Waals surface area contributed by atoms with E-state index >= 15 is 0 Å². The maximum absolute atomic E-state index is 11.6. The Bertz CT molecular complexity index is 439.